The Hall–Kier alpha value is -5.63. The van der Waals surface area contributed by atoms with Gasteiger partial charge in [-0.1, -0.05) is 95.6 Å². The van der Waals surface area contributed by atoms with E-state index in [-0.39, 0.29) is 19.0 Å². The van der Waals surface area contributed by atoms with Crippen molar-refractivity contribution in [3.8, 4) is 23.0 Å². The number of carbonyl (C=O) groups excluding carboxylic acids is 1. The third kappa shape index (κ3) is 12.4. The third-order valence-corrected chi connectivity index (χ3v) is 11.3. The number of carbonyl (C=O) groups is 1. The fraction of sp³-hybridized carbons (Fsp3) is 0.404. The van der Waals surface area contributed by atoms with Gasteiger partial charge < -0.3 is 24.3 Å². The van der Waals surface area contributed by atoms with Gasteiger partial charge in [0, 0.05) is 36.1 Å². The molecule has 5 aromatic rings. The summed E-state index contributed by atoms with van der Waals surface area (Å²) in [5.41, 5.74) is 10.2. The molecule has 5 rings (SSSR count). The maximum Gasteiger partial charge on any atom is 0.163 e. The van der Waals surface area contributed by atoms with Crippen molar-refractivity contribution < 1.29 is 23.7 Å². The lowest BCUT2D eigenvalue weighted by molar-refractivity contribution is 0.101. The maximum absolute atomic E-state index is 12.8. The summed E-state index contributed by atoms with van der Waals surface area (Å²) >= 11 is 0. The number of nitrogens with one attached hydrogen (secondary N) is 1. The highest BCUT2D eigenvalue weighted by Crippen LogP contribution is 2.37. The van der Waals surface area contributed by atoms with Crippen molar-refractivity contribution in [2.45, 2.75) is 100 Å². The zero-order valence-electron chi connectivity index (χ0n) is 37.3. The molecule has 0 bridgehead atoms. The van der Waals surface area contributed by atoms with E-state index >= 15 is 0 Å². The minimum absolute atomic E-state index is 0.0486. The molecule has 8 nitrogen and oxygen atoms in total. The van der Waals surface area contributed by atoms with Crippen molar-refractivity contribution in [2.75, 3.05) is 26.1 Å². The average molecular weight is 812 g/mol. The van der Waals surface area contributed by atoms with Gasteiger partial charge >= 0.3 is 0 Å². The monoisotopic (exact) mass is 811 g/mol. The zero-order chi connectivity index (χ0) is 43.0. The number of aromatic nitrogens is 1. The van der Waals surface area contributed by atoms with Gasteiger partial charge in [-0.2, -0.15) is 0 Å². The summed E-state index contributed by atoms with van der Waals surface area (Å²) in [6.45, 7) is 15.9. The molecule has 0 fully saturated rings. The Morgan fingerprint density at radius 1 is 0.733 bits per heavy atom. The Balaban J connectivity index is 1.28. The van der Waals surface area contributed by atoms with Gasteiger partial charge in [-0.25, -0.2) is 0 Å². The highest BCUT2D eigenvalue weighted by Gasteiger charge is 2.20. The lowest BCUT2D eigenvalue weighted by atomic mass is 9.87. The summed E-state index contributed by atoms with van der Waals surface area (Å²) in [6, 6.07) is 30.7. The summed E-state index contributed by atoms with van der Waals surface area (Å²) in [5.74, 6) is 3.33. The number of rotatable bonds is 23. The van der Waals surface area contributed by atoms with Crippen LogP contribution in [0.15, 0.2) is 96.0 Å². The maximum atomic E-state index is 12.8. The Labute approximate surface area is 358 Å². The number of hydrogen-bond acceptors (Lipinski definition) is 8. The SMILES string of the molecule is CCCC(C=Nc1cc(OCc2cccc(COc3cc(NCC(Cc4ccccc4CC)C(C)C)c(C(C)=O)cc3OC)n2)c(OC)cc1C)Cc1ccccc1CC. The minimum atomic E-state index is -0.0486. The van der Waals surface area contributed by atoms with Gasteiger partial charge in [0.2, 0.25) is 0 Å². The van der Waals surface area contributed by atoms with Crippen LogP contribution in [0.1, 0.15) is 104 Å². The van der Waals surface area contributed by atoms with Crippen LogP contribution in [-0.4, -0.2) is 37.7 Å². The van der Waals surface area contributed by atoms with Gasteiger partial charge in [0.15, 0.2) is 28.8 Å². The number of hydrogen-bond donors (Lipinski definition) is 1. The average Bonchev–Trinajstić information content (AvgIpc) is 3.26. The fourth-order valence-electron chi connectivity index (χ4n) is 7.66. The first-order chi connectivity index (χ1) is 29.1. The van der Waals surface area contributed by atoms with E-state index in [1.54, 1.807) is 27.2 Å². The lowest BCUT2D eigenvalue weighted by Gasteiger charge is -2.24. The van der Waals surface area contributed by atoms with Gasteiger partial charge in [-0.15, -0.1) is 0 Å². The van der Waals surface area contributed by atoms with Crippen LogP contribution in [0.25, 0.3) is 0 Å². The summed E-state index contributed by atoms with van der Waals surface area (Å²) in [4.78, 5) is 22.7. The highest BCUT2D eigenvalue weighted by molar-refractivity contribution is 6.00. The normalized spacial score (nSPS) is 12.4. The fourth-order valence-corrected chi connectivity index (χ4v) is 7.66. The van der Waals surface area contributed by atoms with E-state index in [9.17, 15) is 4.79 Å². The second-order valence-electron chi connectivity index (χ2n) is 16.0. The van der Waals surface area contributed by atoms with Crippen LogP contribution in [0.4, 0.5) is 11.4 Å². The number of pyridine rings is 1. The molecule has 1 aromatic heterocycles. The number of methoxy groups -OCH3 is 2. The largest absolute Gasteiger partial charge is 0.493 e. The first kappa shape index (κ1) is 45.5. The molecule has 2 atom stereocenters. The molecule has 4 aromatic carbocycles. The number of Topliss-reactive ketones (excluding diaryl/α,β-unsaturated/α-hetero) is 1. The standard InChI is InChI=1S/C52H65N3O5/c1-10-18-38(26-41-21-15-13-19-39(41)11-2)31-53-47-29-51(49(57-8)25-36(47)6)59-33-44-23-17-24-45(55-44)34-60-52-30-48(46(37(7)56)28-50(52)58-9)54-32-43(35(4)5)27-42-22-16-14-20-40(42)12-3/h13-17,19-25,28-31,35,38,43,54H,10-12,18,26-27,32-34H2,1-9H3. The quantitative estimate of drug-likeness (QED) is 0.0519. The number of ether oxygens (including phenoxy) is 4. The first-order valence-corrected chi connectivity index (χ1v) is 21.6. The highest BCUT2D eigenvalue weighted by atomic mass is 16.5. The topological polar surface area (TPSA) is 91.3 Å². The molecule has 0 amide bonds. The molecule has 0 saturated carbocycles. The van der Waals surface area contributed by atoms with Crippen LogP contribution in [0.3, 0.4) is 0 Å². The number of ketones is 1. The van der Waals surface area contributed by atoms with Crippen LogP contribution >= 0.6 is 0 Å². The summed E-state index contributed by atoms with van der Waals surface area (Å²) in [6.07, 6.45) is 8.20. The van der Waals surface area contributed by atoms with E-state index in [0.29, 0.717) is 52.9 Å². The Morgan fingerprint density at radius 3 is 1.85 bits per heavy atom. The van der Waals surface area contributed by atoms with Crippen molar-refractivity contribution in [1.82, 2.24) is 4.98 Å². The van der Waals surface area contributed by atoms with Gasteiger partial charge in [0.05, 0.1) is 31.3 Å². The number of nitrogens with zero attached hydrogens (tertiary/aromatic N) is 2. The van der Waals surface area contributed by atoms with Crippen molar-refractivity contribution >= 4 is 23.4 Å². The molecule has 0 spiro atoms. The van der Waals surface area contributed by atoms with Crippen molar-refractivity contribution in [3.05, 3.63) is 136 Å². The molecule has 0 aliphatic heterocycles. The van der Waals surface area contributed by atoms with Gasteiger partial charge in [-0.05, 0) is 116 Å². The first-order valence-electron chi connectivity index (χ1n) is 21.6. The minimum Gasteiger partial charge on any atom is -0.493 e. The molecule has 318 valence electrons. The molecular weight excluding hydrogens is 747 g/mol. The van der Waals surface area contributed by atoms with E-state index in [2.05, 4.69) is 94.7 Å². The second-order valence-corrected chi connectivity index (χ2v) is 16.0. The molecule has 1 N–H and O–H groups in total. The predicted molar refractivity (Wildman–Crippen MR) is 246 cm³/mol. The molecule has 1 heterocycles. The molecule has 60 heavy (non-hydrogen) atoms. The Kier molecular flexibility index (Phi) is 17.2. The van der Waals surface area contributed by atoms with Crippen molar-refractivity contribution in [3.63, 3.8) is 0 Å². The molecular formula is C52H65N3O5. The second kappa shape index (κ2) is 22.7. The molecule has 0 radical (unpaired) electrons. The van der Waals surface area contributed by atoms with Gasteiger partial charge in [-0.3, -0.25) is 14.8 Å². The van der Waals surface area contributed by atoms with Crippen molar-refractivity contribution in [1.29, 1.82) is 0 Å². The van der Waals surface area contributed by atoms with Crippen LogP contribution in [-0.2, 0) is 38.9 Å². The smallest absolute Gasteiger partial charge is 0.163 e. The molecule has 2 unspecified atom stereocenters. The van der Waals surface area contributed by atoms with E-state index in [1.807, 2.05) is 43.3 Å². The Morgan fingerprint density at radius 2 is 1.30 bits per heavy atom. The van der Waals surface area contributed by atoms with Crippen LogP contribution in [0, 0.1) is 24.7 Å². The van der Waals surface area contributed by atoms with Crippen LogP contribution < -0.4 is 24.3 Å². The van der Waals surface area contributed by atoms with E-state index < -0.39 is 0 Å². The van der Waals surface area contributed by atoms with Crippen LogP contribution in [0.5, 0.6) is 23.0 Å². The molecule has 0 saturated heterocycles. The number of aliphatic imine (C=N–C) groups is 1. The van der Waals surface area contributed by atoms with Crippen LogP contribution in [0.2, 0.25) is 0 Å². The van der Waals surface area contributed by atoms with Gasteiger partial charge in [0.1, 0.15) is 13.2 Å². The van der Waals surface area contributed by atoms with E-state index in [0.717, 1.165) is 66.9 Å². The van der Waals surface area contributed by atoms with Crippen molar-refractivity contribution in [2.24, 2.45) is 22.7 Å². The summed E-state index contributed by atoms with van der Waals surface area (Å²) < 4.78 is 24.1. The van der Waals surface area contributed by atoms with E-state index in [4.69, 9.17) is 28.9 Å². The predicted octanol–water partition coefficient (Wildman–Crippen LogP) is 12.2. The summed E-state index contributed by atoms with van der Waals surface area (Å²) in [5, 5.41) is 3.61. The molecule has 0 aliphatic rings. The van der Waals surface area contributed by atoms with Gasteiger partial charge in [0.25, 0.3) is 0 Å². The zero-order valence-corrected chi connectivity index (χ0v) is 37.3. The number of aryl methyl sites for hydroxylation is 3. The Bertz CT molecular complexity index is 2200. The lowest BCUT2D eigenvalue weighted by Crippen LogP contribution is -2.23. The summed E-state index contributed by atoms with van der Waals surface area (Å²) in [7, 11) is 3.23. The number of benzene rings is 4. The molecule has 8 heteroatoms. The number of anilines is 1. The third-order valence-electron chi connectivity index (χ3n) is 11.3. The molecule has 0 aliphatic carbocycles. The van der Waals surface area contributed by atoms with E-state index in [1.165, 1.54) is 22.3 Å².